The molecule has 2 rings (SSSR count). The molecule has 0 aromatic heterocycles. The standard InChI is InChI=1S/C14H16INO4/c15-10-5-2-1-4-9(10)8-11(14(18)19)16-13(17)12-6-3-7-20-12/h1-2,4-5,11-12H,3,6-8H2,(H,16,17)(H,18,19)/t11-,12-/m1/s1. The maximum absolute atomic E-state index is 11.9. The Bertz CT molecular complexity index is 500. The molecule has 108 valence electrons. The number of ether oxygens (including phenoxy) is 1. The molecule has 0 bridgehead atoms. The number of aliphatic carboxylic acids is 1. The summed E-state index contributed by atoms with van der Waals surface area (Å²) >= 11 is 2.16. The second-order valence-electron chi connectivity index (χ2n) is 4.70. The summed E-state index contributed by atoms with van der Waals surface area (Å²) in [6, 6.07) is 6.61. The van der Waals surface area contributed by atoms with Gasteiger partial charge in [-0.15, -0.1) is 0 Å². The highest BCUT2D eigenvalue weighted by Crippen LogP contribution is 2.15. The summed E-state index contributed by atoms with van der Waals surface area (Å²) in [6.07, 6.45) is 1.26. The summed E-state index contributed by atoms with van der Waals surface area (Å²) in [4.78, 5) is 23.2. The molecule has 1 saturated heterocycles. The van der Waals surface area contributed by atoms with E-state index in [1.165, 1.54) is 0 Å². The minimum absolute atomic E-state index is 0.271. The van der Waals surface area contributed by atoms with E-state index in [2.05, 4.69) is 27.9 Å². The number of nitrogens with one attached hydrogen (secondary N) is 1. The SMILES string of the molecule is O=C(O)[C@@H](Cc1ccccc1I)NC(=O)[C@H]1CCCO1. The highest BCUT2D eigenvalue weighted by molar-refractivity contribution is 14.1. The molecule has 1 amide bonds. The fourth-order valence-corrected chi connectivity index (χ4v) is 2.74. The molecule has 2 N–H and O–H groups in total. The number of carboxylic acids is 1. The summed E-state index contributed by atoms with van der Waals surface area (Å²) in [6.45, 7) is 0.562. The van der Waals surface area contributed by atoms with E-state index in [0.29, 0.717) is 13.0 Å². The molecule has 6 heteroatoms. The van der Waals surface area contributed by atoms with Crippen LogP contribution in [0.25, 0.3) is 0 Å². The van der Waals surface area contributed by atoms with Gasteiger partial charge in [0.05, 0.1) is 0 Å². The second-order valence-corrected chi connectivity index (χ2v) is 5.86. The summed E-state index contributed by atoms with van der Waals surface area (Å²) in [5.74, 6) is -1.36. The van der Waals surface area contributed by atoms with Gasteiger partial charge < -0.3 is 15.2 Å². The Morgan fingerprint density at radius 2 is 2.20 bits per heavy atom. The molecule has 0 radical (unpaired) electrons. The van der Waals surface area contributed by atoms with Crippen LogP contribution in [0.1, 0.15) is 18.4 Å². The Morgan fingerprint density at radius 3 is 2.80 bits per heavy atom. The van der Waals surface area contributed by atoms with Crippen LogP contribution in [-0.2, 0) is 20.7 Å². The fraction of sp³-hybridized carbons (Fsp3) is 0.429. The lowest BCUT2D eigenvalue weighted by atomic mass is 10.1. The van der Waals surface area contributed by atoms with Crippen LogP contribution in [-0.4, -0.2) is 35.7 Å². The van der Waals surface area contributed by atoms with Gasteiger partial charge in [-0.3, -0.25) is 4.79 Å². The Hall–Kier alpha value is -1.15. The lowest BCUT2D eigenvalue weighted by Crippen LogP contribution is -2.46. The van der Waals surface area contributed by atoms with Gasteiger partial charge in [0.1, 0.15) is 12.1 Å². The number of amides is 1. The lowest BCUT2D eigenvalue weighted by molar-refractivity contribution is -0.143. The van der Waals surface area contributed by atoms with Gasteiger partial charge in [-0.1, -0.05) is 18.2 Å². The van der Waals surface area contributed by atoms with Crippen molar-refractivity contribution in [2.45, 2.75) is 31.4 Å². The van der Waals surface area contributed by atoms with Crippen molar-refractivity contribution in [2.75, 3.05) is 6.61 Å². The normalized spacial score (nSPS) is 19.6. The van der Waals surface area contributed by atoms with E-state index in [-0.39, 0.29) is 12.3 Å². The fourth-order valence-electron chi connectivity index (χ4n) is 2.13. The average molecular weight is 389 g/mol. The molecule has 1 aliphatic rings. The summed E-state index contributed by atoms with van der Waals surface area (Å²) in [5.41, 5.74) is 0.910. The Labute approximate surface area is 130 Å². The highest BCUT2D eigenvalue weighted by atomic mass is 127. The van der Waals surface area contributed by atoms with Crippen molar-refractivity contribution < 1.29 is 19.4 Å². The molecule has 1 aromatic rings. The largest absolute Gasteiger partial charge is 0.480 e. The molecule has 1 aromatic carbocycles. The number of benzene rings is 1. The minimum Gasteiger partial charge on any atom is -0.480 e. The van der Waals surface area contributed by atoms with Crippen LogP contribution in [0.4, 0.5) is 0 Å². The molecule has 0 saturated carbocycles. The summed E-state index contributed by atoms with van der Waals surface area (Å²) in [7, 11) is 0. The maximum Gasteiger partial charge on any atom is 0.326 e. The monoisotopic (exact) mass is 389 g/mol. The lowest BCUT2D eigenvalue weighted by Gasteiger charge is -2.17. The van der Waals surface area contributed by atoms with Crippen LogP contribution in [0.2, 0.25) is 0 Å². The number of halogens is 1. The third-order valence-corrected chi connectivity index (χ3v) is 4.27. The first-order valence-corrected chi connectivity index (χ1v) is 7.54. The second kappa shape index (κ2) is 7.03. The smallest absolute Gasteiger partial charge is 0.326 e. The van der Waals surface area contributed by atoms with Crippen molar-refractivity contribution in [2.24, 2.45) is 0 Å². The van der Waals surface area contributed by atoms with E-state index in [4.69, 9.17) is 4.74 Å². The first-order chi connectivity index (χ1) is 9.58. The first kappa shape index (κ1) is 15.2. The zero-order valence-corrected chi connectivity index (χ0v) is 13.0. The number of carbonyl (C=O) groups is 2. The molecule has 5 nitrogen and oxygen atoms in total. The minimum atomic E-state index is -1.03. The average Bonchev–Trinajstić information content (AvgIpc) is 2.94. The molecule has 2 atom stereocenters. The summed E-state index contributed by atoms with van der Waals surface area (Å²) in [5, 5.41) is 11.8. The van der Waals surface area contributed by atoms with Crippen molar-refractivity contribution in [1.82, 2.24) is 5.32 Å². The number of hydrogen-bond donors (Lipinski definition) is 2. The van der Waals surface area contributed by atoms with Crippen molar-refractivity contribution in [3.8, 4) is 0 Å². The Morgan fingerprint density at radius 1 is 1.45 bits per heavy atom. The molecular weight excluding hydrogens is 373 g/mol. The van der Waals surface area contributed by atoms with Crippen LogP contribution in [0, 0.1) is 3.57 Å². The molecule has 1 aliphatic heterocycles. The van der Waals surface area contributed by atoms with Crippen molar-refractivity contribution >= 4 is 34.5 Å². The Balaban J connectivity index is 2.02. The van der Waals surface area contributed by atoms with Gasteiger partial charge >= 0.3 is 5.97 Å². The highest BCUT2D eigenvalue weighted by Gasteiger charge is 2.28. The quantitative estimate of drug-likeness (QED) is 0.750. The van der Waals surface area contributed by atoms with E-state index in [0.717, 1.165) is 15.6 Å². The molecule has 1 fully saturated rings. The van der Waals surface area contributed by atoms with Crippen LogP contribution >= 0.6 is 22.6 Å². The van der Waals surface area contributed by atoms with Crippen molar-refractivity contribution in [3.63, 3.8) is 0 Å². The van der Waals surface area contributed by atoms with Gasteiger partial charge in [-0.05, 0) is 47.1 Å². The van der Waals surface area contributed by atoms with Crippen molar-refractivity contribution in [1.29, 1.82) is 0 Å². The van der Waals surface area contributed by atoms with Gasteiger partial charge in [0.2, 0.25) is 5.91 Å². The van der Waals surface area contributed by atoms with E-state index in [1.807, 2.05) is 24.3 Å². The van der Waals surface area contributed by atoms with Gasteiger partial charge in [0.15, 0.2) is 0 Å². The van der Waals surface area contributed by atoms with E-state index in [9.17, 15) is 14.7 Å². The third kappa shape index (κ3) is 3.92. The molecule has 0 spiro atoms. The zero-order chi connectivity index (χ0) is 14.5. The van der Waals surface area contributed by atoms with Crippen LogP contribution in [0.5, 0.6) is 0 Å². The number of carbonyl (C=O) groups excluding carboxylic acids is 1. The number of rotatable bonds is 5. The maximum atomic E-state index is 11.9. The van der Waals surface area contributed by atoms with Gasteiger partial charge in [0.25, 0.3) is 0 Å². The number of carboxylic acid groups (broad SMARTS) is 1. The first-order valence-electron chi connectivity index (χ1n) is 6.46. The predicted molar refractivity (Wildman–Crippen MR) is 81.4 cm³/mol. The topological polar surface area (TPSA) is 75.6 Å². The zero-order valence-electron chi connectivity index (χ0n) is 10.8. The summed E-state index contributed by atoms with van der Waals surface area (Å²) < 4.78 is 6.25. The third-order valence-electron chi connectivity index (χ3n) is 3.22. The molecule has 1 heterocycles. The van der Waals surface area contributed by atoms with E-state index in [1.54, 1.807) is 0 Å². The van der Waals surface area contributed by atoms with Crippen LogP contribution in [0.15, 0.2) is 24.3 Å². The van der Waals surface area contributed by atoms with Gasteiger partial charge in [0, 0.05) is 16.6 Å². The number of hydrogen-bond acceptors (Lipinski definition) is 3. The molecule has 0 aliphatic carbocycles. The van der Waals surface area contributed by atoms with E-state index < -0.39 is 18.1 Å². The van der Waals surface area contributed by atoms with Crippen LogP contribution < -0.4 is 5.32 Å². The van der Waals surface area contributed by atoms with Crippen molar-refractivity contribution in [3.05, 3.63) is 33.4 Å². The Kier molecular flexibility index (Phi) is 5.36. The van der Waals surface area contributed by atoms with Crippen LogP contribution in [0.3, 0.4) is 0 Å². The molecular formula is C14H16INO4. The molecule has 0 unspecified atom stereocenters. The van der Waals surface area contributed by atoms with Gasteiger partial charge in [-0.2, -0.15) is 0 Å². The predicted octanol–water partition coefficient (Wildman–Crippen LogP) is 1.58. The van der Waals surface area contributed by atoms with E-state index >= 15 is 0 Å². The van der Waals surface area contributed by atoms with Gasteiger partial charge in [-0.25, -0.2) is 4.79 Å². The molecule has 20 heavy (non-hydrogen) atoms.